The molecule has 1 aromatic carbocycles. The first-order chi connectivity index (χ1) is 9.00. The van der Waals surface area contributed by atoms with Gasteiger partial charge in [-0.05, 0) is 17.5 Å². The van der Waals surface area contributed by atoms with Crippen LogP contribution in [0.1, 0.15) is 0 Å². The van der Waals surface area contributed by atoms with E-state index in [4.69, 9.17) is 10.2 Å². The monoisotopic (exact) mass is 259 g/mol. The van der Waals surface area contributed by atoms with Gasteiger partial charge in [-0.15, -0.1) is 0 Å². The third kappa shape index (κ3) is 2.37. The molecule has 0 bridgehead atoms. The van der Waals surface area contributed by atoms with E-state index in [2.05, 4.69) is 0 Å². The summed E-state index contributed by atoms with van der Waals surface area (Å²) in [4.78, 5) is 33.6. The minimum Gasteiger partial charge on any atom is -0.478 e. The molecule has 0 aliphatic carbocycles. The predicted molar refractivity (Wildman–Crippen MR) is 67.8 cm³/mol. The maximum Gasteiger partial charge on any atom is 0.353 e. The average Bonchev–Trinajstić information content (AvgIpc) is 2.36. The number of carbonyl (C=O) groups is 2. The van der Waals surface area contributed by atoms with Crippen LogP contribution in [0.4, 0.5) is 0 Å². The third-order valence-electron chi connectivity index (χ3n) is 2.52. The molecular weight excluding hydrogens is 250 g/mol. The number of aliphatic carboxylic acids is 2. The lowest BCUT2D eigenvalue weighted by molar-refractivity contribution is -0.133. The Hall–Kier alpha value is -2.89. The molecule has 0 spiro atoms. The number of pyridine rings is 1. The van der Waals surface area contributed by atoms with Crippen molar-refractivity contribution in [3.8, 4) is 0 Å². The van der Waals surface area contributed by atoms with Crippen LogP contribution in [-0.4, -0.2) is 26.7 Å². The Morgan fingerprint density at radius 2 is 1.74 bits per heavy atom. The van der Waals surface area contributed by atoms with Crippen LogP contribution >= 0.6 is 0 Å². The van der Waals surface area contributed by atoms with Crippen LogP contribution < -0.4 is 5.56 Å². The molecular formula is C13H9NO5. The molecule has 0 saturated carbocycles. The van der Waals surface area contributed by atoms with Gasteiger partial charge >= 0.3 is 11.9 Å². The van der Waals surface area contributed by atoms with Gasteiger partial charge in [0, 0.05) is 6.07 Å². The van der Waals surface area contributed by atoms with Crippen LogP contribution in [-0.2, 0) is 9.59 Å². The minimum absolute atomic E-state index is 0.338. The molecule has 6 heteroatoms. The highest BCUT2D eigenvalue weighted by molar-refractivity contribution is 6.14. The van der Waals surface area contributed by atoms with Gasteiger partial charge in [-0.25, -0.2) is 9.59 Å². The number of hydrogen-bond donors (Lipinski definition) is 2. The number of aromatic nitrogens is 1. The smallest absolute Gasteiger partial charge is 0.353 e. The Labute approximate surface area is 106 Å². The van der Waals surface area contributed by atoms with E-state index in [0.29, 0.717) is 17.0 Å². The summed E-state index contributed by atoms with van der Waals surface area (Å²) in [7, 11) is 0. The van der Waals surface area contributed by atoms with Gasteiger partial charge in [0.15, 0.2) is 0 Å². The Morgan fingerprint density at radius 3 is 2.37 bits per heavy atom. The molecule has 96 valence electrons. The molecule has 1 heterocycles. The third-order valence-corrected chi connectivity index (χ3v) is 2.52. The fourth-order valence-corrected chi connectivity index (χ4v) is 1.77. The van der Waals surface area contributed by atoms with Crippen LogP contribution in [0, 0.1) is 0 Å². The molecule has 0 fully saturated rings. The molecule has 2 aromatic rings. The van der Waals surface area contributed by atoms with Crippen LogP contribution in [0.5, 0.6) is 0 Å². The van der Waals surface area contributed by atoms with E-state index in [-0.39, 0.29) is 0 Å². The number of hydrogen-bond acceptors (Lipinski definition) is 3. The van der Waals surface area contributed by atoms with Crippen molar-refractivity contribution < 1.29 is 19.8 Å². The molecule has 0 atom stereocenters. The largest absolute Gasteiger partial charge is 0.478 e. The van der Waals surface area contributed by atoms with Gasteiger partial charge in [-0.1, -0.05) is 18.2 Å². The van der Waals surface area contributed by atoms with Gasteiger partial charge in [0.25, 0.3) is 5.56 Å². The van der Waals surface area contributed by atoms with Gasteiger partial charge in [-0.3, -0.25) is 9.36 Å². The highest BCUT2D eigenvalue weighted by Gasteiger charge is 2.15. The van der Waals surface area contributed by atoms with Crippen molar-refractivity contribution in [2.75, 3.05) is 0 Å². The molecule has 6 nitrogen and oxygen atoms in total. The molecule has 0 unspecified atom stereocenters. The molecule has 0 aliphatic heterocycles. The number of carboxylic acid groups (broad SMARTS) is 2. The number of carboxylic acids is 2. The second-order valence-corrected chi connectivity index (χ2v) is 3.74. The Morgan fingerprint density at radius 1 is 1.05 bits per heavy atom. The summed E-state index contributed by atoms with van der Waals surface area (Å²) >= 11 is 0. The lowest BCUT2D eigenvalue weighted by Crippen LogP contribution is -2.23. The molecule has 0 saturated heterocycles. The number of rotatable bonds is 3. The van der Waals surface area contributed by atoms with E-state index in [0.717, 1.165) is 4.57 Å². The van der Waals surface area contributed by atoms with Crippen molar-refractivity contribution in [1.82, 2.24) is 4.57 Å². The Balaban J connectivity index is 2.87. The molecule has 0 amide bonds. The first kappa shape index (κ1) is 12.6. The van der Waals surface area contributed by atoms with Crippen molar-refractivity contribution in [2.24, 2.45) is 0 Å². The van der Waals surface area contributed by atoms with E-state index < -0.39 is 23.2 Å². The highest BCUT2D eigenvalue weighted by Crippen LogP contribution is 2.15. The lowest BCUT2D eigenvalue weighted by Gasteiger charge is -2.09. The summed E-state index contributed by atoms with van der Waals surface area (Å²) in [5.74, 6) is -2.92. The summed E-state index contributed by atoms with van der Waals surface area (Å²) in [5.41, 5.74) is -0.868. The molecule has 1 aromatic heterocycles. The van der Waals surface area contributed by atoms with E-state index in [9.17, 15) is 14.4 Å². The van der Waals surface area contributed by atoms with Crippen molar-refractivity contribution in [3.05, 3.63) is 52.8 Å². The van der Waals surface area contributed by atoms with Gasteiger partial charge in [0.1, 0.15) is 5.70 Å². The van der Waals surface area contributed by atoms with Gasteiger partial charge < -0.3 is 10.2 Å². The number of fused-ring (bicyclic) bond motifs is 1. The number of para-hydroxylation sites is 1. The standard InChI is InChI=1S/C13H9NO5/c15-11-6-5-8-3-1-2-4-9(8)14(11)10(13(18)19)7-12(16)17/h1-7H,(H,16,17)(H,18,19). The molecule has 0 radical (unpaired) electrons. The number of benzene rings is 1. The fourth-order valence-electron chi connectivity index (χ4n) is 1.77. The minimum atomic E-state index is -1.49. The van der Waals surface area contributed by atoms with Gasteiger partial charge in [0.05, 0.1) is 11.6 Å². The van der Waals surface area contributed by atoms with Crippen LogP contribution in [0.25, 0.3) is 16.6 Å². The van der Waals surface area contributed by atoms with Crippen molar-refractivity contribution in [3.63, 3.8) is 0 Å². The zero-order valence-electron chi connectivity index (χ0n) is 9.61. The van der Waals surface area contributed by atoms with Crippen molar-refractivity contribution >= 4 is 28.5 Å². The molecule has 2 N–H and O–H groups in total. The predicted octanol–water partition coefficient (Wildman–Crippen LogP) is 1.01. The summed E-state index contributed by atoms with van der Waals surface area (Å²) in [6.07, 6.45) is 0.496. The lowest BCUT2D eigenvalue weighted by atomic mass is 10.2. The first-order valence-corrected chi connectivity index (χ1v) is 5.30. The summed E-state index contributed by atoms with van der Waals surface area (Å²) in [5, 5.41) is 18.4. The topological polar surface area (TPSA) is 96.6 Å². The van der Waals surface area contributed by atoms with Crippen molar-refractivity contribution in [1.29, 1.82) is 0 Å². The molecule has 0 aliphatic rings. The maximum absolute atomic E-state index is 11.8. The van der Waals surface area contributed by atoms with E-state index in [1.54, 1.807) is 30.3 Å². The average molecular weight is 259 g/mol. The van der Waals surface area contributed by atoms with Crippen LogP contribution in [0.2, 0.25) is 0 Å². The number of nitrogens with zero attached hydrogens (tertiary/aromatic N) is 1. The van der Waals surface area contributed by atoms with E-state index in [1.165, 1.54) is 6.07 Å². The zero-order chi connectivity index (χ0) is 14.0. The van der Waals surface area contributed by atoms with Gasteiger partial charge in [0.2, 0.25) is 0 Å². The zero-order valence-corrected chi connectivity index (χ0v) is 9.61. The van der Waals surface area contributed by atoms with E-state index in [1.807, 2.05) is 0 Å². The summed E-state index contributed by atoms with van der Waals surface area (Å²) < 4.78 is 0.867. The fraction of sp³-hybridized carbons (Fsp3) is 0. The van der Waals surface area contributed by atoms with Gasteiger partial charge in [-0.2, -0.15) is 0 Å². The maximum atomic E-state index is 11.8. The summed E-state index contributed by atoms with van der Waals surface area (Å²) in [6.45, 7) is 0. The second kappa shape index (κ2) is 4.77. The quantitative estimate of drug-likeness (QED) is 0.802. The first-order valence-electron chi connectivity index (χ1n) is 5.30. The molecule has 19 heavy (non-hydrogen) atoms. The molecule has 2 rings (SSSR count). The van der Waals surface area contributed by atoms with Crippen LogP contribution in [0.3, 0.4) is 0 Å². The Bertz CT molecular complexity index is 757. The van der Waals surface area contributed by atoms with E-state index >= 15 is 0 Å². The van der Waals surface area contributed by atoms with Crippen LogP contribution in [0.15, 0.2) is 47.3 Å². The normalized spacial score (nSPS) is 11.5. The highest BCUT2D eigenvalue weighted by atomic mass is 16.4. The summed E-state index contributed by atoms with van der Waals surface area (Å²) in [6, 6.07) is 9.37. The van der Waals surface area contributed by atoms with Crippen molar-refractivity contribution in [2.45, 2.75) is 0 Å². The SMILES string of the molecule is O=C(O)C=C(C(=O)O)n1c(=O)ccc2ccccc21. The Kier molecular flexibility index (Phi) is 3.15. The second-order valence-electron chi connectivity index (χ2n) is 3.74.